The second kappa shape index (κ2) is 9.30. The van der Waals surface area contributed by atoms with Crippen molar-refractivity contribution in [2.24, 2.45) is 0 Å². The van der Waals surface area contributed by atoms with Crippen molar-refractivity contribution in [1.82, 2.24) is 8.97 Å². The summed E-state index contributed by atoms with van der Waals surface area (Å²) in [5, 5.41) is 10.2. The number of hydrogen-bond acceptors (Lipinski definition) is 5. The van der Waals surface area contributed by atoms with E-state index >= 15 is 0 Å². The molecule has 8 heteroatoms. The molecule has 170 valence electrons. The molecule has 33 heavy (non-hydrogen) atoms. The van der Waals surface area contributed by atoms with Crippen LogP contribution in [-0.2, 0) is 17.9 Å². The van der Waals surface area contributed by atoms with Gasteiger partial charge in [-0.1, -0.05) is 30.3 Å². The van der Waals surface area contributed by atoms with Crippen molar-refractivity contribution in [3.8, 4) is 16.9 Å². The molecule has 0 atom stereocenters. The number of aliphatic hydroxyl groups is 1. The smallest absolute Gasteiger partial charge is 0.345 e. The molecule has 0 aliphatic heterocycles. The zero-order valence-electron chi connectivity index (χ0n) is 18.2. The lowest BCUT2D eigenvalue weighted by Crippen LogP contribution is -2.27. The second-order valence-corrected chi connectivity index (χ2v) is 7.37. The zero-order chi connectivity index (χ0) is 23.5. The summed E-state index contributed by atoms with van der Waals surface area (Å²) in [6, 6.07) is 15.2. The number of aromatic nitrogens is 2. The molecule has 0 radical (unpaired) electrons. The fourth-order valence-electron chi connectivity index (χ4n) is 3.83. The number of carbonyl (C=O) groups is 1. The highest BCUT2D eigenvalue weighted by molar-refractivity contribution is 5.89. The number of benzene rings is 2. The molecule has 0 saturated carbocycles. The third-order valence-corrected chi connectivity index (χ3v) is 5.44. The summed E-state index contributed by atoms with van der Waals surface area (Å²) in [7, 11) is 1.56. The molecule has 2 heterocycles. The summed E-state index contributed by atoms with van der Waals surface area (Å²) < 4.78 is 27.6. The molecule has 0 aliphatic rings. The van der Waals surface area contributed by atoms with Crippen LogP contribution in [0.5, 0.6) is 5.75 Å². The van der Waals surface area contributed by atoms with Crippen molar-refractivity contribution in [3.63, 3.8) is 0 Å². The topological polar surface area (TPSA) is 82.2 Å². The van der Waals surface area contributed by atoms with E-state index in [4.69, 9.17) is 9.47 Å². The Morgan fingerprint density at radius 1 is 1.12 bits per heavy atom. The average Bonchev–Trinajstić information content (AvgIpc) is 3.22. The van der Waals surface area contributed by atoms with Gasteiger partial charge in [-0.3, -0.25) is 9.20 Å². The molecule has 2 aromatic carbocycles. The highest BCUT2D eigenvalue weighted by Crippen LogP contribution is 2.29. The minimum atomic E-state index is -0.782. The summed E-state index contributed by atoms with van der Waals surface area (Å²) in [4.78, 5) is 25.8. The lowest BCUT2D eigenvalue weighted by atomic mass is 10.1. The Bertz CT molecular complexity index is 1370. The number of carbonyl (C=O) groups excluding carboxylic acids is 1. The first-order chi connectivity index (χ1) is 16.0. The van der Waals surface area contributed by atoms with Gasteiger partial charge >= 0.3 is 5.97 Å². The Morgan fingerprint density at radius 2 is 1.85 bits per heavy atom. The molecule has 4 aromatic rings. The maximum absolute atomic E-state index is 14.4. The first-order valence-electron chi connectivity index (χ1n) is 10.4. The van der Waals surface area contributed by atoms with Crippen LogP contribution in [0.1, 0.15) is 28.5 Å². The Morgan fingerprint density at radius 3 is 2.48 bits per heavy atom. The van der Waals surface area contributed by atoms with Crippen LogP contribution in [0.4, 0.5) is 4.39 Å². The van der Waals surface area contributed by atoms with Gasteiger partial charge in [0.15, 0.2) is 0 Å². The predicted molar refractivity (Wildman–Crippen MR) is 121 cm³/mol. The predicted octanol–water partition coefficient (Wildman–Crippen LogP) is 3.63. The first-order valence-corrected chi connectivity index (χ1v) is 10.4. The molecule has 2 aromatic heterocycles. The molecule has 4 rings (SSSR count). The minimum Gasteiger partial charge on any atom is -0.497 e. The number of hydrogen-bond donors (Lipinski definition) is 1. The first kappa shape index (κ1) is 22.3. The minimum absolute atomic E-state index is 0.0692. The van der Waals surface area contributed by atoms with Crippen LogP contribution in [0.2, 0.25) is 0 Å². The summed E-state index contributed by atoms with van der Waals surface area (Å²) in [6.45, 7) is 1.36. The van der Waals surface area contributed by atoms with Gasteiger partial charge < -0.3 is 19.1 Å². The molecule has 0 spiro atoms. The van der Waals surface area contributed by atoms with E-state index in [1.807, 2.05) is 12.1 Å². The Kier molecular flexibility index (Phi) is 6.28. The molecule has 0 unspecified atom stereocenters. The van der Waals surface area contributed by atoms with E-state index in [1.54, 1.807) is 55.0 Å². The number of aliphatic hydroxyl groups excluding tert-OH is 1. The van der Waals surface area contributed by atoms with Crippen LogP contribution in [0.25, 0.3) is 16.8 Å². The number of methoxy groups -OCH3 is 1. The van der Waals surface area contributed by atoms with Gasteiger partial charge in [-0.2, -0.15) is 0 Å². The van der Waals surface area contributed by atoms with Crippen LogP contribution in [-0.4, -0.2) is 33.8 Å². The Labute approximate surface area is 189 Å². The van der Waals surface area contributed by atoms with Crippen molar-refractivity contribution in [2.45, 2.75) is 20.1 Å². The lowest BCUT2D eigenvalue weighted by Gasteiger charge is -2.13. The van der Waals surface area contributed by atoms with Gasteiger partial charge in [0.1, 0.15) is 22.8 Å². The van der Waals surface area contributed by atoms with Crippen molar-refractivity contribution >= 4 is 11.6 Å². The monoisotopic (exact) mass is 450 g/mol. The van der Waals surface area contributed by atoms with E-state index < -0.39 is 24.0 Å². The van der Waals surface area contributed by atoms with E-state index in [0.717, 1.165) is 5.56 Å². The normalized spacial score (nSPS) is 11.0. The standard InChI is InChI=1S/C25H23FN2O5/c1-3-33-25(31)20-14-27(13-17-6-4-5-7-21(17)26)23-12-19(22(15-29)28(23)24(20)30)16-8-10-18(32-2)11-9-16/h4-12,14,29H,3,13,15H2,1-2H3. The quantitative estimate of drug-likeness (QED) is 0.435. The van der Waals surface area contributed by atoms with Crippen LogP contribution < -0.4 is 10.3 Å². The highest BCUT2D eigenvalue weighted by atomic mass is 19.1. The van der Waals surface area contributed by atoms with Gasteiger partial charge in [0.25, 0.3) is 5.56 Å². The number of ether oxygens (including phenoxy) is 2. The molecule has 7 nitrogen and oxygen atoms in total. The van der Waals surface area contributed by atoms with Crippen LogP contribution in [0, 0.1) is 5.82 Å². The van der Waals surface area contributed by atoms with Crippen LogP contribution in [0.15, 0.2) is 65.6 Å². The molecular weight excluding hydrogens is 427 g/mol. The maximum atomic E-state index is 14.4. The number of esters is 1. The maximum Gasteiger partial charge on any atom is 0.345 e. The van der Waals surface area contributed by atoms with E-state index in [0.29, 0.717) is 28.2 Å². The van der Waals surface area contributed by atoms with E-state index in [1.165, 1.54) is 16.7 Å². The number of rotatable bonds is 7. The summed E-state index contributed by atoms with van der Waals surface area (Å²) in [5.41, 5.74) is 1.65. The van der Waals surface area contributed by atoms with Gasteiger partial charge in [0.05, 0.1) is 32.6 Å². The summed E-state index contributed by atoms with van der Waals surface area (Å²) >= 11 is 0. The zero-order valence-corrected chi connectivity index (χ0v) is 18.2. The highest BCUT2D eigenvalue weighted by Gasteiger charge is 2.22. The van der Waals surface area contributed by atoms with E-state index in [9.17, 15) is 19.1 Å². The van der Waals surface area contributed by atoms with Crippen molar-refractivity contribution in [2.75, 3.05) is 13.7 Å². The second-order valence-electron chi connectivity index (χ2n) is 7.37. The van der Waals surface area contributed by atoms with Crippen LogP contribution >= 0.6 is 0 Å². The third kappa shape index (κ3) is 4.12. The number of fused-ring (bicyclic) bond motifs is 1. The third-order valence-electron chi connectivity index (χ3n) is 5.44. The van der Waals surface area contributed by atoms with Crippen LogP contribution in [0.3, 0.4) is 0 Å². The van der Waals surface area contributed by atoms with Crippen molar-refractivity contribution in [3.05, 3.63) is 93.8 Å². The fraction of sp³-hybridized carbons (Fsp3) is 0.200. The lowest BCUT2D eigenvalue weighted by molar-refractivity contribution is 0.0523. The SMILES string of the molecule is CCOC(=O)c1cn(Cc2ccccc2F)c2cc(-c3ccc(OC)cc3)c(CO)n2c1=O. The van der Waals surface area contributed by atoms with Gasteiger partial charge in [0, 0.05) is 17.3 Å². The molecule has 0 aliphatic carbocycles. The van der Waals surface area contributed by atoms with Crippen molar-refractivity contribution < 1.29 is 23.8 Å². The fourth-order valence-corrected chi connectivity index (χ4v) is 3.83. The van der Waals surface area contributed by atoms with E-state index in [2.05, 4.69) is 0 Å². The molecule has 0 amide bonds. The van der Waals surface area contributed by atoms with Gasteiger partial charge in [-0.05, 0) is 36.8 Å². The summed E-state index contributed by atoms with van der Waals surface area (Å²) in [6.07, 6.45) is 1.38. The number of nitrogens with zero attached hydrogens (tertiary/aromatic N) is 2. The van der Waals surface area contributed by atoms with E-state index in [-0.39, 0.29) is 18.7 Å². The van der Waals surface area contributed by atoms with Gasteiger partial charge in [-0.15, -0.1) is 0 Å². The Balaban J connectivity index is 1.99. The van der Waals surface area contributed by atoms with Gasteiger partial charge in [0.2, 0.25) is 0 Å². The molecule has 0 bridgehead atoms. The Hall–Kier alpha value is -3.91. The summed E-state index contributed by atoms with van der Waals surface area (Å²) in [5.74, 6) is -0.525. The molecule has 0 saturated heterocycles. The largest absolute Gasteiger partial charge is 0.497 e. The van der Waals surface area contributed by atoms with Gasteiger partial charge in [-0.25, -0.2) is 9.18 Å². The molecule has 0 fully saturated rings. The number of halogens is 1. The molecular formula is C25H23FN2O5. The average molecular weight is 450 g/mol. The molecule has 1 N–H and O–H groups in total. The van der Waals surface area contributed by atoms with Crippen molar-refractivity contribution in [1.29, 1.82) is 0 Å².